The zero-order chi connectivity index (χ0) is 47.5. The maximum absolute atomic E-state index is 5.41. The largest absolute Gasteiger partial charge is 0.490 e. The molecule has 71 heavy (non-hydrogen) atoms. The Morgan fingerprint density at radius 2 is 0.817 bits per heavy atom. The van der Waals surface area contributed by atoms with Crippen LogP contribution in [0.2, 0.25) is 0 Å². The van der Waals surface area contributed by atoms with Gasteiger partial charge < -0.3 is 0 Å². The highest BCUT2D eigenvalue weighted by atomic mass is 15.2. The lowest BCUT2D eigenvalue weighted by molar-refractivity contribution is -0.533. The highest BCUT2D eigenvalue weighted by Crippen LogP contribution is 2.60. The summed E-state index contributed by atoms with van der Waals surface area (Å²) >= 11 is 0. The Balaban J connectivity index is 1.08. The van der Waals surface area contributed by atoms with Gasteiger partial charge in [-0.1, -0.05) is 173 Å². The summed E-state index contributed by atoms with van der Waals surface area (Å²) in [7, 11) is 2.04. The molecule has 3 aliphatic carbocycles. The number of hydrogen-bond acceptors (Lipinski definition) is 3. The van der Waals surface area contributed by atoms with Crippen molar-refractivity contribution in [2.24, 2.45) is 0 Å². The smallest absolute Gasteiger partial charge is 0.264 e. The summed E-state index contributed by atoms with van der Waals surface area (Å²) in [6, 6.07) is 72.9. The molecule has 7 aromatic carbocycles. The van der Waals surface area contributed by atoms with Crippen LogP contribution in [0.15, 0.2) is 231 Å². The van der Waals surface area contributed by atoms with Crippen LogP contribution in [0.4, 0.5) is 0 Å². The molecule has 1 aliphatic heterocycles. The Hall–Kier alpha value is -8.89. The number of aromatic nitrogens is 3. The summed E-state index contributed by atoms with van der Waals surface area (Å²) in [4.78, 5) is 16.1. The first-order valence-electron chi connectivity index (χ1n) is 24.4. The molecule has 0 saturated carbocycles. The fourth-order valence-corrected chi connectivity index (χ4v) is 13.3. The van der Waals surface area contributed by atoms with E-state index in [1.165, 1.54) is 83.5 Å². The SMILES string of the molecule is Cc1cccc(C)c1-c1ccnc(C2(c3cncc(C4(c5cncc(C6([N+]7=C=[N+](C)C=C7)c7ccccc7-c7ccccc76)c5)c5ccccc5-c5ccccc54)c3)c3ccccc3-c3ccccc32)c1. The van der Waals surface area contributed by atoms with Crippen LogP contribution in [0.1, 0.15) is 72.5 Å². The molecular formula is C66H47N5+2. The van der Waals surface area contributed by atoms with Crippen LogP contribution in [0.5, 0.6) is 0 Å². The Kier molecular flexibility index (Phi) is 8.86. The molecule has 0 N–H and O–H groups in total. The molecule has 0 amide bonds. The quantitative estimate of drug-likeness (QED) is 0.150. The maximum atomic E-state index is 5.41. The van der Waals surface area contributed by atoms with Gasteiger partial charge in [0.05, 0.1) is 22.1 Å². The number of pyridine rings is 3. The third kappa shape index (κ3) is 5.44. The van der Waals surface area contributed by atoms with Gasteiger partial charge in [0.25, 0.3) is 5.54 Å². The van der Waals surface area contributed by atoms with E-state index in [0.717, 1.165) is 33.5 Å². The first-order valence-corrected chi connectivity index (χ1v) is 24.4. The van der Waals surface area contributed by atoms with Crippen LogP contribution in [-0.4, -0.2) is 37.2 Å². The van der Waals surface area contributed by atoms with Gasteiger partial charge in [0.15, 0.2) is 7.05 Å². The number of nitrogens with zero attached hydrogens (tertiary/aromatic N) is 5. The second-order valence-electron chi connectivity index (χ2n) is 19.5. The molecule has 3 aromatic heterocycles. The van der Waals surface area contributed by atoms with Gasteiger partial charge in [-0.05, 0) is 133 Å². The van der Waals surface area contributed by atoms with Gasteiger partial charge in [-0.3, -0.25) is 15.0 Å². The molecule has 4 aliphatic rings. The van der Waals surface area contributed by atoms with E-state index >= 15 is 0 Å². The molecule has 0 spiro atoms. The molecule has 0 fully saturated rings. The summed E-state index contributed by atoms with van der Waals surface area (Å²) < 4.78 is 4.26. The number of benzene rings is 7. The second-order valence-corrected chi connectivity index (χ2v) is 19.5. The summed E-state index contributed by atoms with van der Waals surface area (Å²) in [6.07, 6.45) is 14.6. The van der Waals surface area contributed by atoms with Crippen molar-refractivity contribution >= 4 is 6.01 Å². The average molecular weight is 910 g/mol. The van der Waals surface area contributed by atoms with Crippen molar-refractivity contribution in [1.82, 2.24) is 15.0 Å². The third-order valence-electron chi connectivity index (χ3n) is 16.0. The van der Waals surface area contributed by atoms with Gasteiger partial charge in [0.1, 0.15) is 0 Å². The fourth-order valence-electron chi connectivity index (χ4n) is 13.3. The van der Waals surface area contributed by atoms with Gasteiger partial charge in [0.2, 0.25) is 12.4 Å². The molecule has 5 nitrogen and oxygen atoms in total. The van der Waals surface area contributed by atoms with Gasteiger partial charge in [-0.2, -0.15) is 0 Å². The number of fused-ring (bicyclic) bond motifs is 9. The molecule has 334 valence electrons. The number of aryl methyl sites for hydroxylation is 2. The highest BCUT2D eigenvalue weighted by molar-refractivity contribution is 5.89. The molecule has 0 bridgehead atoms. The first kappa shape index (κ1) is 41.1. The van der Waals surface area contributed by atoms with Crippen molar-refractivity contribution in [1.29, 1.82) is 0 Å². The molecule has 5 heteroatoms. The van der Waals surface area contributed by atoms with Gasteiger partial charge >= 0.3 is 6.01 Å². The van der Waals surface area contributed by atoms with E-state index in [0.29, 0.717) is 0 Å². The van der Waals surface area contributed by atoms with Crippen molar-refractivity contribution in [2.45, 2.75) is 30.2 Å². The lowest BCUT2D eigenvalue weighted by Crippen LogP contribution is -2.38. The van der Waals surface area contributed by atoms with E-state index in [2.05, 4.69) is 250 Å². The van der Waals surface area contributed by atoms with Gasteiger partial charge in [-0.25, -0.2) is 0 Å². The minimum absolute atomic E-state index is 0.774. The number of rotatable bonds is 7. The fraction of sp³-hybridized carbons (Fsp3) is 0.0909. The van der Waals surface area contributed by atoms with E-state index in [9.17, 15) is 0 Å². The lowest BCUT2D eigenvalue weighted by Gasteiger charge is -2.37. The van der Waals surface area contributed by atoms with Gasteiger partial charge in [0, 0.05) is 42.1 Å². The molecule has 4 heterocycles. The molecule has 0 unspecified atom stereocenters. The lowest BCUT2D eigenvalue weighted by atomic mass is 9.65. The van der Waals surface area contributed by atoms with Crippen LogP contribution in [0.3, 0.4) is 0 Å². The Bertz CT molecular complexity index is 3840. The summed E-state index contributed by atoms with van der Waals surface area (Å²) in [5, 5.41) is 0. The summed E-state index contributed by atoms with van der Waals surface area (Å²) in [5.41, 5.74) is 21.9. The molecule has 10 aromatic rings. The van der Waals surface area contributed by atoms with Crippen LogP contribution in [0, 0.1) is 13.8 Å². The van der Waals surface area contributed by atoms with E-state index in [4.69, 9.17) is 15.0 Å². The van der Waals surface area contributed by atoms with E-state index in [1.807, 2.05) is 17.8 Å². The van der Waals surface area contributed by atoms with Crippen LogP contribution >= 0.6 is 0 Å². The standard InChI is InChI=1S/C66H47N5/c1-43-17-16-18-44(2)63(43)45-31-32-69-62(35-45)65(58-27-12-6-21-52(58)53-22-7-13-28-59(53)65)48-36-46(38-67-40-48)64(56-25-10-4-19-50(56)51-20-5-11-26-57(51)64)47-37-49(41-68-39-47)66(71-34-33-70(3)42-71)60-29-14-8-23-54(60)55-24-9-15-30-61(55)66/h4-41H,1-3H3/q+2. The van der Waals surface area contributed by atoms with Crippen LogP contribution < -0.4 is 0 Å². The molecular weight excluding hydrogens is 863 g/mol. The van der Waals surface area contributed by atoms with E-state index < -0.39 is 16.4 Å². The predicted molar refractivity (Wildman–Crippen MR) is 282 cm³/mol. The first-order chi connectivity index (χ1) is 34.9. The topological polar surface area (TPSA) is 44.7 Å². The molecule has 14 rings (SSSR count). The maximum Gasteiger partial charge on any atom is 0.490 e. The average Bonchev–Trinajstić information content (AvgIpc) is 4.17. The van der Waals surface area contributed by atoms with Gasteiger partial charge in [-0.15, -0.1) is 0 Å². The molecule has 0 radical (unpaired) electrons. The minimum Gasteiger partial charge on any atom is -0.264 e. The van der Waals surface area contributed by atoms with Crippen molar-refractivity contribution < 1.29 is 9.15 Å². The Labute approximate surface area is 413 Å². The Morgan fingerprint density at radius 3 is 1.30 bits per heavy atom. The normalized spacial score (nSPS) is 15.5. The monoisotopic (exact) mass is 909 g/mol. The van der Waals surface area contributed by atoms with E-state index in [1.54, 1.807) is 0 Å². The van der Waals surface area contributed by atoms with Crippen LogP contribution in [-0.2, 0) is 16.4 Å². The predicted octanol–water partition coefficient (Wildman–Crippen LogP) is 13.5. The van der Waals surface area contributed by atoms with Crippen molar-refractivity contribution in [3.05, 3.63) is 304 Å². The second kappa shape index (κ2) is 15.3. The van der Waals surface area contributed by atoms with Crippen molar-refractivity contribution in [3.63, 3.8) is 0 Å². The van der Waals surface area contributed by atoms with Crippen LogP contribution in [0.25, 0.3) is 44.5 Å². The highest BCUT2D eigenvalue weighted by Gasteiger charge is 2.57. The van der Waals surface area contributed by atoms with Crippen molar-refractivity contribution in [2.75, 3.05) is 7.05 Å². The molecule has 0 saturated heterocycles. The Morgan fingerprint density at radius 1 is 0.408 bits per heavy atom. The summed E-state index contributed by atoms with van der Waals surface area (Å²) in [5.74, 6) is 0. The molecule has 0 atom stereocenters. The van der Waals surface area contributed by atoms with E-state index in [-0.39, 0.29) is 0 Å². The number of hydrogen-bond donors (Lipinski definition) is 0. The van der Waals surface area contributed by atoms with Crippen molar-refractivity contribution in [3.8, 4) is 44.5 Å². The summed E-state index contributed by atoms with van der Waals surface area (Å²) in [6.45, 7) is 4.41. The zero-order valence-electron chi connectivity index (χ0n) is 39.7. The minimum atomic E-state index is -0.838. The zero-order valence-corrected chi connectivity index (χ0v) is 39.7. The third-order valence-corrected chi connectivity index (χ3v) is 16.0.